The molecule has 2 rings (SSSR count). The van der Waals surface area contributed by atoms with Crippen LogP contribution in [0.2, 0.25) is 0 Å². The summed E-state index contributed by atoms with van der Waals surface area (Å²) >= 11 is 0. The predicted octanol–water partition coefficient (Wildman–Crippen LogP) is 2.72. The molecular formula is C13H12FN3O3. The van der Waals surface area contributed by atoms with Crippen molar-refractivity contribution in [3.05, 3.63) is 57.4 Å². The molecule has 0 bridgehead atoms. The van der Waals surface area contributed by atoms with Gasteiger partial charge in [0.05, 0.1) is 16.2 Å². The monoisotopic (exact) mass is 277 g/mol. The van der Waals surface area contributed by atoms with Crippen LogP contribution in [0.25, 0.3) is 0 Å². The highest BCUT2D eigenvalue weighted by Gasteiger charge is 2.19. The average molecular weight is 277 g/mol. The molecule has 0 radical (unpaired) electrons. The fourth-order valence-electron chi connectivity index (χ4n) is 1.82. The van der Waals surface area contributed by atoms with Crippen molar-refractivity contribution in [1.29, 1.82) is 0 Å². The van der Waals surface area contributed by atoms with Gasteiger partial charge in [-0.05, 0) is 26.0 Å². The van der Waals surface area contributed by atoms with Crippen molar-refractivity contribution in [1.82, 2.24) is 9.97 Å². The third kappa shape index (κ3) is 2.71. The Morgan fingerprint density at radius 3 is 2.80 bits per heavy atom. The standard InChI is InChI=1S/C13H12FN3O3/c1-8-6-16-10(9(2)12(8)17(18)19)7-20-11-4-3-5-15-13(11)14/h3-6H,7H2,1-2H3. The number of nitrogens with zero attached hydrogens (tertiary/aromatic N) is 3. The second-order valence-electron chi connectivity index (χ2n) is 4.20. The van der Waals surface area contributed by atoms with Gasteiger partial charge in [-0.1, -0.05) is 0 Å². The lowest BCUT2D eigenvalue weighted by atomic mass is 10.1. The third-order valence-corrected chi connectivity index (χ3v) is 2.85. The van der Waals surface area contributed by atoms with E-state index in [0.29, 0.717) is 16.8 Å². The maximum absolute atomic E-state index is 13.3. The molecule has 6 nitrogen and oxygen atoms in total. The molecule has 0 aliphatic carbocycles. The zero-order valence-electron chi connectivity index (χ0n) is 11.0. The van der Waals surface area contributed by atoms with Crippen LogP contribution < -0.4 is 4.74 Å². The minimum Gasteiger partial charge on any atom is -0.482 e. The lowest BCUT2D eigenvalue weighted by Crippen LogP contribution is -2.06. The van der Waals surface area contributed by atoms with E-state index in [1.54, 1.807) is 13.8 Å². The number of aryl methyl sites for hydroxylation is 1. The zero-order valence-corrected chi connectivity index (χ0v) is 11.0. The lowest BCUT2D eigenvalue weighted by Gasteiger charge is -2.09. The van der Waals surface area contributed by atoms with Crippen molar-refractivity contribution in [2.45, 2.75) is 20.5 Å². The summed E-state index contributed by atoms with van der Waals surface area (Å²) < 4.78 is 18.6. The molecule has 0 spiro atoms. The van der Waals surface area contributed by atoms with E-state index in [4.69, 9.17) is 4.74 Å². The average Bonchev–Trinajstić information content (AvgIpc) is 2.39. The van der Waals surface area contributed by atoms with Gasteiger partial charge in [0.1, 0.15) is 6.61 Å². The van der Waals surface area contributed by atoms with Crippen LogP contribution in [0.15, 0.2) is 24.5 Å². The normalized spacial score (nSPS) is 10.3. The fraction of sp³-hybridized carbons (Fsp3) is 0.231. The van der Waals surface area contributed by atoms with Gasteiger partial charge in [-0.25, -0.2) is 4.98 Å². The second-order valence-corrected chi connectivity index (χ2v) is 4.20. The van der Waals surface area contributed by atoms with Crippen molar-refractivity contribution in [2.75, 3.05) is 0 Å². The van der Waals surface area contributed by atoms with Crippen molar-refractivity contribution >= 4 is 5.69 Å². The molecule has 2 aromatic heterocycles. The first-order valence-electron chi connectivity index (χ1n) is 5.83. The molecule has 0 saturated carbocycles. The third-order valence-electron chi connectivity index (χ3n) is 2.85. The van der Waals surface area contributed by atoms with Gasteiger partial charge < -0.3 is 4.74 Å². The Morgan fingerprint density at radius 1 is 1.40 bits per heavy atom. The molecular weight excluding hydrogens is 265 g/mol. The van der Waals surface area contributed by atoms with Gasteiger partial charge in [0.15, 0.2) is 5.75 Å². The summed E-state index contributed by atoms with van der Waals surface area (Å²) in [7, 11) is 0. The first-order chi connectivity index (χ1) is 9.50. The molecule has 0 fully saturated rings. The molecule has 2 aromatic rings. The number of aromatic nitrogens is 2. The Labute approximate surface area is 114 Å². The molecule has 104 valence electrons. The van der Waals surface area contributed by atoms with E-state index >= 15 is 0 Å². The van der Waals surface area contributed by atoms with Crippen molar-refractivity contribution in [3.63, 3.8) is 0 Å². The zero-order chi connectivity index (χ0) is 14.7. The molecule has 0 N–H and O–H groups in total. The molecule has 0 aromatic carbocycles. The van der Waals surface area contributed by atoms with Crippen LogP contribution in [0.3, 0.4) is 0 Å². The van der Waals surface area contributed by atoms with Gasteiger partial charge >= 0.3 is 0 Å². The molecule has 7 heteroatoms. The van der Waals surface area contributed by atoms with Gasteiger partial charge in [0, 0.05) is 18.0 Å². The highest BCUT2D eigenvalue weighted by atomic mass is 19.1. The number of halogens is 1. The number of ether oxygens (including phenoxy) is 1. The summed E-state index contributed by atoms with van der Waals surface area (Å²) in [5.41, 5.74) is 1.29. The van der Waals surface area contributed by atoms with Gasteiger partial charge in [0.2, 0.25) is 0 Å². The smallest absolute Gasteiger partial charge is 0.278 e. The van der Waals surface area contributed by atoms with Crippen LogP contribution in [0.4, 0.5) is 10.1 Å². The van der Waals surface area contributed by atoms with Crippen molar-refractivity contribution in [2.24, 2.45) is 0 Å². The van der Waals surface area contributed by atoms with Gasteiger partial charge in [-0.2, -0.15) is 4.39 Å². The first-order valence-corrected chi connectivity index (χ1v) is 5.83. The summed E-state index contributed by atoms with van der Waals surface area (Å²) in [6.45, 7) is 3.15. The molecule has 0 atom stereocenters. The van der Waals surface area contributed by atoms with Crippen LogP contribution in [-0.4, -0.2) is 14.9 Å². The van der Waals surface area contributed by atoms with Crippen LogP contribution in [0.5, 0.6) is 5.75 Å². The SMILES string of the molecule is Cc1cnc(COc2cccnc2F)c(C)c1[N+](=O)[O-]. The highest BCUT2D eigenvalue weighted by molar-refractivity contribution is 5.47. The molecule has 0 saturated heterocycles. The topological polar surface area (TPSA) is 78.2 Å². The van der Waals surface area contributed by atoms with Gasteiger partial charge in [0.25, 0.3) is 11.6 Å². The minimum atomic E-state index is -0.730. The van der Waals surface area contributed by atoms with E-state index < -0.39 is 10.9 Å². The van der Waals surface area contributed by atoms with E-state index in [1.807, 2.05) is 0 Å². The molecule has 0 aliphatic heterocycles. The quantitative estimate of drug-likeness (QED) is 0.487. The number of pyridine rings is 2. The van der Waals surface area contributed by atoms with E-state index in [1.165, 1.54) is 24.5 Å². The molecule has 0 aliphatic rings. The molecule has 0 unspecified atom stereocenters. The Morgan fingerprint density at radius 2 is 2.15 bits per heavy atom. The maximum Gasteiger partial charge on any atom is 0.278 e. The fourth-order valence-corrected chi connectivity index (χ4v) is 1.82. The maximum atomic E-state index is 13.3. The summed E-state index contributed by atoms with van der Waals surface area (Å²) in [6.07, 6.45) is 2.71. The van der Waals surface area contributed by atoms with Gasteiger partial charge in [-0.3, -0.25) is 15.1 Å². The van der Waals surface area contributed by atoms with E-state index in [9.17, 15) is 14.5 Å². The summed E-state index contributed by atoms with van der Waals surface area (Å²) in [4.78, 5) is 18.1. The van der Waals surface area contributed by atoms with E-state index in [-0.39, 0.29) is 18.0 Å². The summed E-state index contributed by atoms with van der Waals surface area (Å²) in [5, 5.41) is 11.0. The Kier molecular flexibility index (Phi) is 3.88. The van der Waals surface area contributed by atoms with Crippen LogP contribution in [0, 0.1) is 29.9 Å². The Bertz CT molecular complexity index is 661. The Balaban J connectivity index is 2.25. The second kappa shape index (κ2) is 5.60. The lowest BCUT2D eigenvalue weighted by molar-refractivity contribution is -0.386. The number of hydrogen-bond acceptors (Lipinski definition) is 5. The first kappa shape index (κ1) is 13.9. The molecule has 0 amide bonds. The number of hydrogen-bond donors (Lipinski definition) is 0. The van der Waals surface area contributed by atoms with E-state index in [2.05, 4.69) is 9.97 Å². The Hall–Kier alpha value is -2.57. The van der Waals surface area contributed by atoms with Crippen LogP contribution in [-0.2, 0) is 6.61 Å². The number of rotatable bonds is 4. The van der Waals surface area contributed by atoms with Crippen LogP contribution in [0.1, 0.15) is 16.8 Å². The van der Waals surface area contributed by atoms with Crippen molar-refractivity contribution < 1.29 is 14.1 Å². The molecule has 2 heterocycles. The van der Waals surface area contributed by atoms with E-state index in [0.717, 1.165) is 0 Å². The van der Waals surface area contributed by atoms with Gasteiger partial charge in [-0.15, -0.1) is 0 Å². The number of nitro groups is 1. The predicted molar refractivity (Wildman–Crippen MR) is 68.9 cm³/mol. The molecule has 20 heavy (non-hydrogen) atoms. The highest BCUT2D eigenvalue weighted by Crippen LogP contribution is 2.25. The summed E-state index contributed by atoms with van der Waals surface area (Å²) in [5.74, 6) is -0.747. The summed E-state index contributed by atoms with van der Waals surface area (Å²) in [6, 6.07) is 2.97. The van der Waals surface area contributed by atoms with Crippen LogP contribution >= 0.6 is 0 Å². The minimum absolute atomic E-state index is 0.00487. The largest absolute Gasteiger partial charge is 0.482 e. The van der Waals surface area contributed by atoms with Crippen molar-refractivity contribution in [3.8, 4) is 5.75 Å².